The zero-order valence-corrected chi connectivity index (χ0v) is 10.7. The van der Waals surface area contributed by atoms with E-state index < -0.39 is 28.5 Å². The summed E-state index contributed by atoms with van der Waals surface area (Å²) in [4.78, 5) is 23.2. The molecule has 1 aliphatic heterocycles. The minimum absolute atomic E-state index is 0.0803. The molecule has 0 radical (unpaired) electrons. The van der Waals surface area contributed by atoms with Crippen LogP contribution < -0.4 is 4.90 Å². The number of carbonyl (C=O) groups is 1. The maximum atomic E-state index is 13.6. The molecule has 0 N–H and O–H groups in total. The van der Waals surface area contributed by atoms with Crippen LogP contribution in [-0.4, -0.2) is 43.8 Å². The number of halogens is 1. The summed E-state index contributed by atoms with van der Waals surface area (Å²) < 4.78 is 23.4. The molecule has 1 unspecified atom stereocenters. The molecule has 0 saturated carbocycles. The molecular weight excluding hydrogens is 271 g/mol. The fraction of sp³-hybridized carbons (Fsp3) is 0.417. The van der Waals surface area contributed by atoms with E-state index in [-0.39, 0.29) is 18.8 Å². The molecule has 0 aromatic heterocycles. The molecular formula is C12H13FN2O5. The lowest BCUT2D eigenvalue weighted by Crippen LogP contribution is -2.46. The van der Waals surface area contributed by atoms with Crippen molar-refractivity contribution in [2.45, 2.75) is 6.10 Å². The van der Waals surface area contributed by atoms with Crippen LogP contribution in [0, 0.1) is 15.9 Å². The summed E-state index contributed by atoms with van der Waals surface area (Å²) in [6.45, 7) is 0.613. The van der Waals surface area contributed by atoms with Crippen molar-refractivity contribution in [3.8, 4) is 0 Å². The molecule has 1 aromatic rings. The van der Waals surface area contributed by atoms with E-state index in [0.29, 0.717) is 6.54 Å². The van der Waals surface area contributed by atoms with Gasteiger partial charge in [-0.3, -0.25) is 10.1 Å². The summed E-state index contributed by atoms with van der Waals surface area (Å²) in [7, 11) is 1.23. The number of ether oxygens (including phenoxy) is 2. The number of hydrogen-bond acceptors (Lipinski definition) is 6. The largest absolute Gasteiger partial charge is 0.467 e. The van der Waals surface area contributed by atoms with Gasteiger partial charge in [0.2, 0.25) is 5.82 Å². The average Bonchev–Trinajstić information content (AvgIpc) is 2.45. The second-order valence-corrected chi connectivity index (χ2v) is 4.19. The highest BCUT2D eigenvalue weighted by molar-refractivity contribution is 5.76. The highest BCUT2D eigenvalue weighted by Gasteiger charge is 2.31. The molecule has 8 heteroatoms. The summed E-state index contributed by atoms with van der Waals surface area (Å²) in [5.74, 6) is -1.47. The Kier molecular flexibility index (Phi) is 4.14. The molecule has 108 valence electrons. The third-order valence-corrected chi connectivity index (χ3v) is 3.02. The van der Waals surface area contributed by atoms with Crippen molar-refractivity contribution >= 4 is 17.3 Å². The fourth-order valence-corrected chi connectivity index (χ4v) is 2.08. The number of nitro groups is 1. The first-order valence-electron chi connectivity index (χ1n) is 5.92. The Balaban J connectivity index is 2.30. The van der Waals surface area contributed by atoms with Crippen LogP contribution in [0.3, 0.4) is 0 Å². The van der Waals surface area contributed by atoms with Gasteiger partial charge in [0.15, 0.2) is 6.10 Å². The predicted molar refractivity (Wildman–Crippen MR) is 67.0 cm³/mol. The predicted octanol–water partition coefficient (Wildman–Crippen LogP) is 1.11. The van der Waals surface area contributed by atoms with Crippen LogP contribution in [0.2, 0.25) is 0 Å². The minimum atomic E-state index is -0.909. The SMILES string of the molecule is COC(=O)C1CN(c2cccc(F)c2[N+](=O)[O-])CCO1. The summed E-state index contributed by atoms with van der Waals surface area (Å²) in [5, 5.41) is 11.0. The van der Waals surface area contributed by atoms with E-state index in [9.17, 15) is 19.3 Å². The van der Waals surface area contributed by atoms with Gasteiger partial charge in [-0.25, -0.2) is 4.79 Å². The smallest absolute Gasteiger partial charge is 0.336 e. The number of para-hydroxylation sites is 1. The second-order valence-electron chi connectivity index (χ2n) is 4.19. The van der Waals surface area contributed by atoms with E-state index in [2.05, 4.69) is 4.74 Å². The van der Waals surface area contributed by atoms with Crippen LogP contribution in [0.5, 0.6) is 0 Å². The van der Waals surface area contributed by atoms with Gasteiger partial charge in [-0.1, -0.05) is 6.07 Å². The van der Waals surface area contributed by atoms with Crippen LogP contribution in [0.15, 0.2) is 18.2 Å². The van der Waals surface area contributed by atoms with Crippen LogP contribution in [0.1, 0.15) is 0 Å². The third kappa shape index (κ3) is 2.69. The third-order valence-electron chi connectivity index (χ3n) is 3.02. The first kappa shape index (κ1) is 14.2. The second kappa shape index (κ2) is 5.83. The van der Waals surface area contributed by atoms with Crippen LogP contribution in [0.4, 0.5) is 15.8 Å². The molecule has 0 amide bonds. The van der Waals surface area contributed by atoms with Gasteiger partial charge in [0.05, 0.1) is 25.2 Å². The number of benzene rings is 1. The summed E-state index contributed by atoms with van der Waals surface area (Å²) in [6.07, 6.45) is -0.836. The number of esters is 1. The first-order chi connectivity index (χ1) is 9.54. The van der Waals surface area contributed by atoms with Crippen molar-refractivity contribution < 1.29 is 23.6 Å². The number of hydrogen-bond donors (Lipinski definition) is 0. The summed E-state index contributed by atoms with van der Waals surface area (Å²) in [6, 6.07) is 3.86. The zero-order valence-electron chi connectivity index (χ0n) is 10.7. The summed E-state index contributed by atoms with van der Waals surface area (Å²) >= 11 is 0. The Morgan fingerprint density at radius 2 is 2.35 bits per heavy atom. The van der Waals surface area contributed by atoms with Gasteiger partial charge in [0.1, 0.15) is 5.69 Å². The molecule has 20 heavy (non-hydrogen) atoms. The van der Waals surface area contributed by atoms with E-state index in [4.69, 9.17) is 4.74 Å². The Hall–Kier alpha value is -2.22. The Morgan fingerprint density at radius 1 is 1.60 bits per heavy atom. The molecule has 1 aliphatic rings. The maximum Gasteiger partial charge on any atom is 0.336 e. The van der Waals surface area contributed by atoms with Crippen molar-refractivity contribution in [3.05, 3.63) is 34.1 Å². The van der Waals surface area contributed by atoms with E-state index in [1.54, 1.807) is 4.90 Å². The minimum Gasteiger partial charge on any atom is -0.467 e. The van der Waals surface area contributed by atoms with E-state index in [1.807, 2.05) is 0 Å². The lowest BCUT2D eigenvalue weighted by molar-refractivity contribution is -0.386. The molecule has 1 heterocycles. The molecule has 1 fully saturated rings. The Labute approximate surface area is 114 Å². The topological polar surface area (TPSA) is 81.9 Å². The van der Waals surface area contributed by atoms with Crippen molar-refractivity contribution in [3.63, 3.8) is 0 Å². The van der Waals surface area contributed by atoms with Crippen LogP contribution in [0.25, 0.3) is 0 Å². The van der Waals surface area contributed by atoms with Gasteiger partial charge in [-0.15, -0.1) is 0 Å². The molecule has 0 bridgehead atoms. The van der Waals surface area contributed by atoms with Crippen molar-refractivity contribution in [2.24, 2.45) is 0 Å². The lowest BCUT2D eigenvalue weighted by Gasteiger charge is -2.32. The first-order valence-corrected chi connectivity index (χ1v) is 5.92. The average molecular weight is 284 g/mol. The van der Waals surface area contributed by atoms with Crippen LogP contribution in [-0.2, 0) is 14.3 Å². The monoisotopic (exact) mass is 284 g/mol. The number of nitrogens with zero attached hydrogens (tertiary/aromatic N) is 2. The number of morpholine rings is 1. The van der Waals surface area contributed by atoms with Crippen LogP contribution >= 0.6 is 0 Å². The Morgan fingerprint density at radius 3 is 3.00 bits per heavy atom. The molecule has 0 aliphatic carbocycles. The molecule has 7 nitrogen and oxygen atoms in total. The quantitative estimate of drug-likeness (QED) is 0.470. The van der Waals surface area contributed by atoms with Crippen molar-refractivity contribution in [2.75, 3.05) is 31.7 Å². The summed E-state index contributed by atoms with van der Waals surface area (Å²) in [5.41, 5.74) is -0.467. The van der Waals surface area contributed by atoms with E-state index in [1.165, 1.54) is 19.2 Å². The highest BCUT2D eigenvalue weighted by Crippen LogP contribution is 2.31. The van der Waals surface area contributed by atoms with Gasteiger partial charge >= 0.3 is 11.7 Å². The molecule has 1 saturated heterocycles. The van der Waals surface area contributed by atoms with Gasteiger partial charge < -0.3 is 14.4 Å². The molecule has 1 atom stereocenters. The standard InChI is InChI=1S/C12H13FN2O5/c1-19-12(16)10-7-14(5-6-20-10)9-4-2-3-8(13)11(9)15(17)18/h2-4,10H,5-7H2,1H3. The Bertz CT molecular complexity index is 537. The van der Waals surface area contributed by atoms with E-state index in [0.717, 1.165) is 6.07 Å². The number of rotatable bonds is 3. The molecule has 1 aromatic carbocycles. The molecule has 2 rings (SSSR count). The van der Waals surface area contributed by atoms with Crippen molar-refractivity contribution in [1.29, 1.82) is 0 Å². The van der Waals surface area contributed by atoms with Gasteiger partial charge in [-0.2, -0.15) is 4.39 Å². The van der Waals surface area contributed by atoms with Gasteiger partial charge in [0.25, 0.3) is 0 Å². The van der Waals surface area contributed by atoms with Crippen molar-refractivity contribution in [1.82, 2.24) is 0 Å². The fourth-order valence-electron chi connectivity index (χ4n) is 2.08. The van der Waals surface area contributed by atoms with Gasteiger partial charge in [-0.05, 0) is 12.1 Å². The number of methoxy groups -OCH3 is 1. The molecule has 0 spiro atoms. The highest BCUT2D eigenvalue weighted by atomic mass is 19.1. The lowest BCUT2D eigenvalue weighted by atomic mass is 10.2. The number of anilines is 1. The number of carbonyl (C=O) groups excluding carboxylic acids is 1. The normalized spacial score (nSPS) is 18.7. The van der Waals surface area contributed by atoms with Gasteiger partial charge in [0, 0.05) is 6.54 Å². The zero-order chi connectivity index (χ0) is 14.7. The number of nitro benzene ring substituents is 1. The maximum absolute atomic E-state index is 13.6. The van der Waals surface area contributed by atoms with E-state index >= 15 is 0 Å².